The summed E-state index contributed by atoms with van der Waals surface area (Å²) in [5.74, 6) is 1.85. The quantitative estimate of drug-likeness (QED) is 0.131. The number of esters is 5. The van der Waals surface area contributed by atoms with Crippen molar-refractivity contribution in [3.63, 3.8) is 0 Å². The predicted octanol–water partition coefficient (Wildman–Crippen LogP) is 6.76. The van der Waals surface area contributed by atoms with Crippen LogP contribution in [-0.4, -0.2) is 63.9 Å². The topological polar surface area (TPSA) is 150 Å². The first kappa shape index (κ1) is 48.1. The minimum atomic E-state index is -0.400. The molecule has 4 aliphatic rings. The lowest BCUT2D eigenvalue weighted by Gasteiger charge is -2.21. The molecule has 3 unspecified atom stereocenters. The molecule has 4 rings (SSSR count). The smallest absolute Gasteiger partial charge is 0.332 e. The summed E-state index contributed by atoms with van der Waals surface area (Å²) < 4.78 is 32.6. The number of methoxy groups -OCH3 is 2. The van der Waals surface area contributed by atoms with Gasteiger partial charge in [-0.2, -0.15) is 0 Å². The zero-order valence-corrected chi connectivity index (χ0v) is 29.4. The molecule has 0 amide bonds. The van der Waals surface area contributed by atoms with Crippen molar-refractivity contribution in [2.75, 3.05) is 34.0 Å². The highest BCUT2D eigenvalue weighted by Crippen LogP contribution is 2.21. The minimum absolute atomic E-state index is 0. The van der Waals surface area contributed by atoms with E-state index in [1.54, 1.807) is 20.8 Å². The highest BCUT2D eigenvalue weighted by atomic mass is 16.7. The van der Waals surface area contributed by atoms with Crippen LogP contribution in [0.2, 0.25) is 0 Å². The highest BCUT2D eigenvalue weighted by molar-refractivity contribution is 5.94. The number of rotatable bonds is 2. The molecule has 0 N–H and O–H groups in total. The summed E-state index contributed by atoms with van der Waals surface area (Å²) in [7, 11) is 2.66. The summed E-state index contributed by atoms with van der Waals surface area (Å²) in [6.07, 6.45) is 3.92. The molecule has 3 atom stereocenters. The normalized spacial score (nSPS) is 20.8. The van der Waals surface area contributed by atoms with Gasteiger partial charge in [0, 0.05) is 36.3 Å². The van der Waals surface area contributed by atoms with E-state index in [0.717, 1.165) is 44.3 Å². The first-order chi connectivity index (χ1) is 21.8. The first-order valence-electron chi connectivity index (χ1n) is 15.2. The summed E-state index contributed by atoms with van der Waals surface area (Å²) >= 11 is 0. The third kappa shape index (κ3) is 25.8. The van der Waals surface area contributed by atoms with Crippen molar-refractivity contribution in [1.82, 2.24) is 0 Å². The van der Waals surface area contributed by atoms with Crippen LogP contribution in [-0.2, 0) is 57.1 Å². The van der Waals surface area contributed by atoms with E-state index in [-0.39, 0.29) is 37.7 Å². The van der Waals surface area contributed by atoms with Gasteiger partial charge in [-0.3, -0.25) is 14.4 Å². The molecule has 12 heteroatoms. The molecule has 0 aromatic rings. The SMILES string of the molecule is C.C=C(C)C(=O)OC.C=C(C)C(=O)OC.C=C1CC(C)CC(=O)O1.C=C1CCC(C)CO1.C=C1OCC(C)CO1.CC1CC(=O)OC1=O. The van der Waals surface area contributed by atoms with Crippen LogP contribution in [0.4, 0.5) is 0 Å². The van der Waals surface area contributed by atoms with E-state index >= 15 is 0 Å². The molecule has 4 saturated heterocycles. The average molecular weight is 683 g/mol. The maximum atomic E-state index is 10.6. The molecule has 0 aliphatic carbocycles. The van der Waals surface area contributed by atoms with Crippen LogP contribution < -0.4 is 0 Å². The van der Waals surface area contributed by atoms with Crippen LogP contribution in [0, 0.1) is 23.7 Å². The van der Waals surface area contributed by atoms with E-state index in [1.807, 2.05) is 6.92 Å². The molecule has 12 nitrogen and oxygen atoms in total. The van der Waals surface area contributed by atoms with Crippen LogP contribution in [0.25, 0.3) is 0 Å². The van der Waals surface area contributed by atoms with Crippen molar-refractivity contribution in [1.29, 1.82) is 0 Å². The lowest BCUT2D eigenvalue weighted by Crippen LogP contribution is -2.19. The molecular weight excluding hydrogens is 624 g/mol. The van der Waals surface area contributed by atoms with Gasteiger partial charge in [-0.05, 0) is 38.7 Å². The van der Waals surface area contributed by atoms with Gasteiger partial charge in [-0.1, -0.05) is 61.4 Å². The maximum Gasteiger partial charge on any atom is 0.332 e. The van der Waals surface area contributed by atoms with Crippen molar-refractivity contribution in [2.45, 2.75) is 81.1 Å². The van der Waals surface area contributed by atoms with Gasteiger partial charge in [-0.15, -0.1) is 0 Å². The van der Waals surface area contributed by atoms with Crippen molar-refractivity contribution >= 4 is 29.8 Å². The Bertz CT molecular complexity index is 1030. The molecule has 4 heterocycles. The maximum absolute atomic E-state index is 10.6. The zero-order valence-electron chi connectivity index (χ0n) is 29.4. The Morgan fingerprint density at radius 1 is 0.667 bits per heavy atom. The van der Waals surface area contributed by atoms with Gasteiger partial charge in [-0.25, -0.2) is 9.59 Å². The lowest BCUT2D eigenvalue weighted by atomic mass is 10.0. The number of hydrogen-bond acceptors (Lipinski definition) is 12. The van der Waals surface area contributed by atoms with Gasteiger partial charge in [0.15, 0.2) is 0 Å². The zero-order chi connectivity index (χ0) is 36.7. The number of ether oxygens (including phenoxy) is 7. The van der Waals surface area contributed by atoms with Crippen LogP contribution >= 0.6 is 0 Å². The van der Waals surface area contributed by atoms with Gasteiger partial charge >= 0.3 is 29.8 Å². The van der Waals surface area contributed by atoms with E-state index in [1.165, 1.54) is 20.6 Å². The Labute approximate surface area is 287 Å². The van der Waals surface area contributed by atoms with Gasteiger partial charge in [0.25, 0.3) is 5.95 Å². The van der Waals surface area contributed by atoms with E-state index in [4.69, 9.17) is 18.9 Å². The number of cyclic esters (lactones) is 3. The van der Waals surface area contributed by atoms with Crippen LogP contribution in [0.1, 0.15) is 81.1 Å². The van der Waals surface area contributed by atoms with Crippen LogP contribution in [0.3, 0.4) is 0 Å². The van der Waals surface area contributed by atoms with Crippen molar-refractivity contribution in [3.8, 4) is 0 Å². The molecule has 0 radical (unpaired) electrons. The average Bonchev–Trinajstić information content (AvgIpc) is 3.29. The summed E-state index contributed by atoms with van der Waals surface area (Å²) in [5.41, 5.74) is 0.866. The second-order valence-electron chi connectivity index (χ2n) is 11.6. The Hall–Kier alpha value is -4.35. The molecule has 4 aliphatic heterocycles. The molecule has 274 valence electrons. The second kappa shape index (κ2) is 26.7. The molecular formula is C36H58O12. The van der Waals surface area contributed by atoms with E-state index in [9.17, 15) is 24.0 Å². The Morgan fingerprint density at radius 3 is 1.35 bits per heavy atom. The van der Waals surface area contributed by atoms with Crippen LogP contribution in [0.15, 0.2) is 61.5 Å². The van der Waals surface area contributed by atoms with Crippen molar-refractivity contribution in [3.05, 3.63) is 61.5 Å². The molecule has 0 saturated carbocycles. The minimum Gasteiger partial charge on any atom is -0.498 e. The van der Waals surface area contributed by atoms with Gasteiger partial charge in [0.2, 0.25) is 0 Å². The second-order valence-corrected chi connectivity index (χ2v) is 11.6. The Balaban J connectivity index is -0.000000506. The first-order valence-corrected chi connectivity index (χ1v) is 15.2. The number of hydrogen-bond donors (Lipinski definition) is 0. The summed E-state index contributed by atoms with van der Waals surface area (Å²) in [6, 6.07) is 0. The lowest BCUT2D eigenvalue weighted by molar-refractivity contribution is -0.153. The molecule has 0 spiro atoms. The molecule has 0 bridgehead atoms. The number of allylic oxidation sites excluding steroid dienone is 2. The molecule has 4 fully saturated rings. The third-order valence-corrected chi connectivity index (χ3v) is 6.05. The van der Waals surface area contributed by atoms with E-state index < -0.39 is 11.9 Å². The largest absolute Gasteiger partial charge is 0.498 e. The fourth-order valence-corrected chi connectivity index (χ4v) is 3.31. The van der Waals surface area contributed by atoms with Crippen molar-refractivity contribution in [2.24, 2.45) is 23.7 Å². The molecule has 0 aromatic carbocycles. The van der Waals surface area contributed by atoms with Crippen molar-refractivity contribution < 1.29 is 57.1 Å². The van der Waals surface area contributed by atoms with Gasteiger partial charge in [0.05, 0.1) is 52.1 Å². The summed E-state index contributed by atoms with van der Waals surface area (Å²) in [4.78, 5) is 51.5. The highest BCUT2D eigenvalue weighted by Gasteiger charge is 2.28. The number of carbonyl (C=O) groups excluding carboxylic acids is 5. The van der Waals surface area contributed by atoms with E-state index in [0.29, 0.717) is 41.1 Å². The Morgan fingerprint density at radius 2 is 1.12 bits per heavy atom. The Kier molecular flexibility index (Phi) is 26.7. The number of carbonyl (C=O) groups is 5. The standard InChI is InChI=1S/C7H10O2.C7H12O.C6H10O2.C5H6O3.2C5H8O2.CH4/c1-5-3-6(2)9-7(8)4-5;1-6-3-4-7(2)8-5-6;1-5-3-7-6(2)8-4-5;1-3-2-4(6)8-5(3)7;2*1-4(2)5(6)7-3;/h5H,2-4H2,1H3;6H,2-5H2,1H3;5H,2-4H2,1H3;3H,2H2,1H3;2*1H2,2-3H3;1H4. The van der Waals surface area contributed by atoms with E-state index in [2.05, 4.69) is 61.0 Å². The van der Waals surface area contributed by atoms with Gasteiger partial charge < -0.3 is 33.2 Å². The predicted molar refractivity (Wildman–Crippen MR) is 183 cm³/mol. The fourth-order valence-electron chi connectivity index (χ4n) is 3.31. The summed E-state index contributed by atoms with van der Waals surface area (Å²) in [5, 5.41) is 0. The monoisotopic (exact) mass is 682 g/mol. The van der Waals surface area contributed by atoms with Gasteiger partial charge in [0.1, 0.15) is 5.76 Å². The molecule has 0 aromatic heterocycles. The fraction of sp³-hybridized carbons (Fsp3) is 0.583. The summed E-state index contributed by atoms with van der Waals surface area (Å²) in [6.45, 7) is 31.1. The molecule has 48 heavy (non-hydrogen) atoms. The van der Waals surface area contributed by atoms with Crippen LogP contribution in [0.5, 0.6) is 0 Å². The third-order valence-electron chi connectivity index (χ3n) is 6.05.